The number of benzene rings is 4. The Kier molecular flexibility index (Phi) is 10.4. The van der Waals surface area contributed by atoms with Crippen LogP contribution in [0.3, 0.4) is 0 Å². The molecule has 4 aromatic rings. The molecule has 2 N–H and O–H groups in total. The third-order valence-electron chi connectivity index (χ3n) is 9.41. The Morgan fingerprint density at radius 2 is 1.67 bits per heavy atom. The van der Waals surface area contributed by atoms with E-state index in [1.54, 1.807) is 23.1 Å². The van der Waals surface area contributed by atoms with Gasteiger partial charge in [-0.2, -0.15) is 0 Å². The van der Waals surface area contributed by atoms with Crippen LogP contribution in [0.1, 0.15) is 72.9 Å². The Bertz CT molecular complexity index is 1760. The first kappa shape index (κ1) is 33.2. The average molecular weight is 669 g/mol. The van der Waals surface area contributed by atoms with Crippen molar-refractivity contribution in [3.63, 3.8) is 0 Å². The van der Waals surface area contributed by atoms with Crippen LogP contribution in [0.15, 0.2) is 91.0 Å². The zero-order chi connectivity index (χ0) is 33.6. The number of carboxylic acids is 1. The van der Waals surface area contributed by atoms with Crippen molar-refractivity contribution in [1.29, 1.82) is 0 Å². The van der Waals surface area contributed by atoms with Crippen LogP contribution < -0.4 is 10.1 Å². The molecule has 7 nitrogen and oxygen atoms in total. The quantitative estimate of drug-likeness (QED) is 0.169. The first-order chi connectivity index (χ1) is 23.3. The van der Waals surface area contributed by atoms with E-state index in [-0.39, 0.29) is 35.4 Å². The molecular formula is C39H38ClFN2O5. The highest BCUT2D eigenvalue weighted by atomic mass is 35.5. The minimum absolute atomic E-state index is 0.0980. The van der Waals surface area contributed by atoms with E-state index in [1.807, 2.05) is 60.7 Å². The van der Waals surface area contributed by atoms with Crippen molar-refractivity contribution < 1.29 is 28.6 Å². The molecule has 0 aromatic heterocycles. The van der Waals surface area contributed by atoms with Gasteiger partial charge in [0, 0.05) is 18.5 Å². The Morgan fingerprint density at radius 1 is 0.938 bits per heavy atom. The van der Waals surface area contributed by atoms with Crippen molar-refractivity contribution in [2.24, 2.45) is 5.92 Å². The third kappa shape index (κ3) is 7.71. The van der Waals surface area contributed by atoms with E-state index >= 15 is 0 Å². The van der Waals surface area contributed by atoms with E-state index < -0.39 is 29.8 Å². The van der Waals surface area contributed by atoms with Crippen LogP contribution >= 0.6 is 11.6 Å². The second-order valence-corrected chi connectivity index (χ2v) is 13.0. The Balaban J connectivity index is 1.29. The van der Waals surface area contributed by atoms with Crippen LogP contribution in [0, 0.1) is 11.7 Å². The standard InChI is InChI=1S/C39H38ClFN2O5/c40-33-11-6-12-34(41)32(33)24-48-30-18-17-28-19-20-43(36(44)21-25-7-4-5-8-25)38(31(28)22-30)39(47)42-35(23-37(45)46)29-15-13-27(14-16-29)26-9-2-1-3-10-26/h1-3,6,9-18,22,25,35,38H,4-5,7-8,19-21,23-24H2,(H,42,47)(H,45,46). The Labute approximate surface area is 284 Å². The lowest BCUT2D eigenvalue weighted by atomic mass is 9.90. The highest BCUT2D eigenvalue weighted by Gasteiger charge is 2.38. The topological polar surface area (TPSA) is 95.9 Å². The number of carboxylic acid groups (broad SMARTS) is 1. The number of amides is 2. The molecule has 48 heavy (non-hydrogen) atoms. The third-order valence-corrected chi connectivity index (χ3v) is 9.77. The molecular weight excluding hydrogens is 631 g/mol. The summed E-state index contributed by atoms with van der Waals surface area (Å²) in [5.74, 6) is -1.43. The van der Waals surface area contributed by atoms with Gasteiger partial charge in [0.15, 0.2) is 0 Å². The normalized spacial score (nSPS) is 16.6. The van der Waals surface area contributed by atoms with Gasteiger partial charge in [-0.15, -0.1) is 0 Å². The predicted octanol–water partition coefficient (Wildman–Crippen LogP) is 8.06. The van der Waals surface area contributed by atoms with Crippen molar-refractivity contribution in [2.75, 3.05) is 6.54 Å². The molecule has 0 saturated heterocycles. The highest BCUT2D eigenvalue weighted by Crippen LogP contribution is 2.37. The zero-order valence-electron chi connectivity index (χ0n) is 26.5. The lowest BCUT2D eigenvalue weighted by Crippen LogP contribution is -2.48. The number of carbonyl (C=O) groups excluding carboxylic acids is 2. The fourth-order valence-electron chi connectivity index (χ4n) is 6.85. The van der Waals surface area contributed by atoms with Crippen LogP contribution in [0.25, 0.3) is 11.1 Å². The molecule has 0 radical (unpaired) electrons. The summed E-state index contributed by atoms with van der Waals surface area (Å²) in [7, 11) is 0. The van der Waals surface area contributed by atoms with Crippen molar-refractivity contribution >= 4 is 29.4 Å². The molecule has 248 valence electrons. The second-order valence-electron chi connectivity index (χ2n) is 12.6. The van der Waals surface area contributed by atoms with E-state index in [9.17, 15) is 23.9 Å². The van der Waals surface area contributed by atoms with Gasteiger partial charge in [0.1, 0.15) is 24.2 Å². The molecule has 1 heterocycles. The largest absolute Gasteiger partial charge is 0.489 e. The maximum Gasteiger partial charge on any atom is 0.305 e. The van der Waals surface area contributed by atoms with Crippen LogP contribution in [-0.2, 0) is 27.4 Å². The molecule has 4 aromatic carbocycles. The van der Waals surface area contributed by atoms with E-state index in [0.717, 1.165) is 42.4 Å². The highest BCUT2D eigenvalue weighted by molar-refractivity contribution is 6.31. The van der Waals surface area contributed by atoms with E-state index in [4.69, 9.17) is 16.3 Å². The second kappa shape index (κ2) is 15.0. The molecule has 1 aliphatic carbocycles. The summed E-state index contributed by atoms with van der Waals surface area (Å²) >= 11 is 6.22. The number of hydrogen-bond donors (Lipinski definition) is 2. The van der Waals surface area contributed by atoms with Gasteiger partial charge in [0.25, 0.3) is 0 Å². The summed E-state index contributed by atoms with van der Waals surface area (Å²) in [6.45, 7) is 0.238. The predicted molar refractivity (Wildman–Crippen MR) is 182 cm³/mol. The number of ether oxygens (including phenoxy) is 1. The van der Waals surface area contributed by atoms with Crippen molar-refractivity contribution in [2.45, 2.75) is 63.6 Å². The van der Waals surface area contributed by atoms with Crippen LogP contribution in [-0.4, -0.2) is 34.3 Å². The SMILES string of the molecule is O=C(O)CC(NC(=O)C1c2cc(OCc3c(F)cccc3Cl)ccc2CCN1C(=O)CC1CCCC1)c1ccc(-c2ccccc2)cc1. The molecule has 1 saturated carbocycles. The van der Waals surface area contributed by atoms with Gasteiger partial charge in [-0.3, -0.25) is 14.4 Å². The van der Waals surface area contributed by atoms with Gasteiger partial charge >= 0.3 is 5.97 Å². The Hall–Kier alpha value is -4.69. The maximum atomic E-state index is 14.5. The first-order valence-electron chi connectivity index (χ1n) is 16.4. The number of nitrogens with zero attached hydrogens (tertiary/aromatic N) is 1. The number of rotatable bonds is 11. The molecule has 2 atom stereocenters. The lowest BCUT2D eigenvalue weighted by Gasteiger charge is -2.38. The number of halogens is 2. The van der Waals surface area contributed by atoms with Crippen molar-refractivity contribution in [3.8, 4) is 16.9 Å². The minimum Gasteiger partial charge on any atom is -0.489 e. The average Bonchev–Trinajstić information content (AvgIpc) is 3.60. The summed E-state index contributed by atoms with van der Waals surface area (Å²) in [5, 5.41) is 13.0. The Morgan fingerprint density at radius 3 is 2.38 bits per heavy atom. The summed E-state index contributed by atoms with van der Waals surface area (Å²) in [5.41, 5.74) is 4.34. The lowest BCUT2D eigenvalue weighted by molar-refractivity contribution is -0.143. The number of fused-ring (bicyclic) bond motifs is 1. The molecule has 6 rings (SSSR count). The van der Waals surface area contributed by atoms with Crippen molar-refractivity contribution in [3.05, 3.63) is 124 Å². The van der Waals surface area contributed by atoms with E-state index in [0.29, 0.717) is 36.3 Å². The smallest absolute Gasteiger partial charge is 0.305 e. The summed E-state index contributed by atoms with van der Waals surface area (Å²) < 4.78 is 20.4. The van der Waals surface area contributed by atoms with Crippen molar-refractivity contribution in [1.82, 2.24) is 10.2 Å². The molecule has 2 aliphatic rings. The van der Waals surface area contributed by atoms with Crippen LogP contribution in [0.2, 0.25) is 5.02 Å². The molecule has 0 spiro atoms. The first-order valence-corrected chi connectivity index (χ1v) is 16.8. The van der Waals surface area contributed by atoms with Gasteiger partial charge < -0.3 is 20.1 Å². The fraction of sp³-hybridized carbons (Fsp3) is 0.308. The summed E-state index contributed by atoms with van der Waals surface area (Å²) in [6.07, 6.45) is 4.74. The van der Waals surface area contributed by atoms with Crippen LogP contribution in [0.4, 0.5) is 4.39 Å². The zero-order valence-corrected chi connectivity index (χ0v) is 27.3. The molecule has 1 fully saturated rings. The van der Waals surface area contributed by atoms with Crippen LogP contribution in [0.5, 0.6) is 5.75 Å². The van der Waals surface area contributed by atoms with Gasteiger partial charge in [0.2, 0.25) is 11.8 Å². The molecule has 2 unspecified atom stereocenters. The maximum absolute atomic E-state index is 14.5. The van der Waals surface area contributed by atoms with E-state index in [2.05, 4.69) is 5.32 Å². The number of hydrogen-bond acceptors (Lipinski definition) is 4. The number of nitrogens with one attached hydrogen (secondary N) is 1. The van der Waals surface area contributed by atoms with Gasteiger partial charge in [0.05, 0.1) is 17.5 Å². The van der Waals surface area contributed by atoms with E-state index in [1.165, 1.54) is 12.1 Å². The summed E-state index contributed by atoms with van der Waals surface area (Å²) in [4.78, 5) is 41.8. The van der Waals surface area contributed by atoms with Gasteiger partial charge in [-0.25, -0.2) is 4.39 Å². The molecule has 2 amide bonds. The fourth-order valence-corrected chi connectivity index (χ4v) is 7.07. The number of aliphatic carboxylic acids is 1. The number of carbonyl (C=O) groups is 3. The molecule has 0 bridgehead atoms. The van der Waals surface area contributed by atoms with Gasteiger partial charge in [-0.1, -0.05) is 91.2 Å². The molecule has 9 heteroatoms. The monoisotopic (exact) mass is 668 g/mol. The summed E-state index contributed by atoms with van der Waals surface area (Å²) in [6, 6.07) is 25.2. The minimum atomic E-state index is -1.06. The molecule has 1 aliphatic heterocycles. The van der Waals surface area contributed by atoms with Gasteiger partial charge in [-0.05, 0) is 77.3 Å².